The van der Waals surface area contributed by atoms with E-state index in [0.717, 1.165) is 42.4 Å². The third kappa shape index (κ3) is 3.22. The lowest BCUT2D eigenvalue weighted by atomic mass is 9.87. The van der Waals surface area contributed by atoms with Crippen LogP contribution in [0.4, 0.5) is 5.69 Å². The third-order valence-electron chi connectivity index (χ3n) is 5.29. The van der Waals surface area contributed by atoms with Gasteiger partial charge in [0.2, 0.25) is 0 Å². The largest absolute Gasteiger partial charge is 0.496 e. The van der Waals surface area contributed by atoms with Gasteiger partial charge in [-0.05, 0) is 43.0 Å². The highest BCUT2D eigenvalue weighted by atomic mass is 16.5. The van der Waals surface area contributed by atoms with Crippen molar-refractivity contribution in [1.29, 1.82) is 0 Å². The molecule has 0 aliphatic carbocycles. The number of hydrogen-bond donors (Lipinski definition) is 1. The van der Waals surface area contributed by atoms with Crippen LogP contribution < -0.4 is 9.64 Å². The predicted molar refractivity (Wildman–Crippen MR) is 102 cm³/mol. The second-order valence-electron chi connectivity index (χ2n) is 6.77. The number of anilines is 1. The van der Waals surface area contributed by atoms with Crippen LogP contribution in [0.5, 0.6) is 5.75 Å². The maximum Gasteiger partial charge on any atom is 0.127 e. The molecule has 2 aromatic heterocycles. The molecule has 1 N–H and O–H groups in total. The molecule has 4 rings (SSSR count). The van der Waals surface area contributed by atoms with Crippen LogP contribution in [0.15, 0.2) is 55.0 Å². The zero-order valence-corrected chi connectivity index (χ0v) is 14.9. The van der Waals surface area contributed by atoms with Crippen LogP contribution in [0.3, 0.4) is 0 Å². The molecule has 0 radical (unpaired) electrons. The smallest absolute Gasteiger partial charge is 0.127 e. The van der Waals surface area contributed by atoms with Crippen LogP contribution in [0.25, 0.3) is 10.9 Å². The van der Waals surface area contributed by atoms with Gasteiger partial charge in [-0.15, -0.1) is 0 Å². The number of piperidine rings is 1. The van der Waals surface area contributed by atoms with E-state index in [1.165, 1.54) is 5.69 Å². The Morgan fingerprint density at radius 3 is 2.81 bits per heavy atom. The number of hydrogen-bond acceptors (Lipinski definition) is 5. The van der Waals surface area contributed by atoms with Crippen molar-refractivity contribution in [3.8, 4) is 5.75 Å². The first-order valence-electron chi connectivity index (χ1n) is 9.02. The van der Waals surface area contributed by atoms with Crippen molar-refractivity contribution < 1.29 is 9.84 Å². The SMILES string of the molecule is COc1ccncc1C(O)C1CCN(c2ccc3cccnc3c2)CC1. The summed E-state index contributed by atoms with van der Waals surface area (Å²) in [4.78, 5) is 11.0. The van der Waals surface area contributed by atoms with E-state index >= 15 is 0 Å². The van der Waals surface area contributed by atoms with Gasteiger partial charge < -0.3 is 14.7 Å². The molecule has 3 heterocycles. The highest BCUT2D eigenvalue weighted by Gasteiger charge is 2.28. The van der Waals surface area contributed by atoms with Crippen molar-refractivity contribution in [3.05, 3.63) is 60.6 Å². The highest BCUT2D eigenvalue weighted by Crippen LogP contribution is 2.36. The predicted octanol–water partition coefficient (Wildman–Crippen LogP) is 3.59. The van der Waals surface area contributed by atoms with Crippen LogP contribution >= 0.6 is 0 Å². The molecule has 26 heavy (non-hydrogen) atoms. The van der Waals surface area contributed by atoms with Crippen molar-refractivity contribution in [2.75, 3.05) is 25.1 Å². The average Bonchev–Trinajstić information content (AvgIpc) is 2.73. The van der Waals surface area contributed by atoms with Crippen molar-refractivity contribution >= 4 is 16.6 Å². The molecule has 1 fully saturated rings. The van der Waals surface area contributed by atoms with Crippen molar-refractivity contribution in [2.24, 2.45) is 5.92 Å². The Kier molecular flexibility index (Phi) is 4.71. The van der Waals surface area contributed by atoms with Crippen molar-refractivity contribution in [3.63, 3.8) is 0 Å². The van der Waals surface area contributed by atoms with E-state index in [1.54, 1.807) is 25.6 Å². The molecule has 1 unspecified atom stereocenters. The van der Waals surface area contributed by atoms with Crippen molar-refractivity contribution in [2.45, 2.75) is 18.9 Å². The van der Waals surface area contributed by atoms with Gasteiger partial charge in [-0.2, -0.15) is 0 Å². The Balaban J connectivity index is 1.46. The van der Waals surface area contributed by atoms with Gasteiger partial charge in [0.25, 0.3) is 0 Å². The van der Waals surface area contributed by atoms with E-state index in [-0.39, 0.29) is 5.92 Å². The molecule has 0 spiro atoms. The topological polar surface area (TPSA) is 58.5 Å². The van der Waals surface area contributed by atoms with E-state index < -0.39 is 6.10 Å². The molecule has 1 atom stereocenters. The highest BCUT2D eigenvalue weighted by molar-refractivity contribution is 5.82. The zero-order valence-electron chi connectivity index (χ0n) is 14.9. The van der Waals surface area contributed by atoms with Gasteiger partial charge in [0.05, 0.1) is 18.7 Å². The summed E-state index contributed by atoms with van der Waals surface area (Å²) in [5, 5.41) is 12.0. The van der Waals surface area contributed by atoms with Crippen LogP contribution in [0.1, 0.15) is 24.5 Å². The first-order chi connectivity index (χ1) is 12.8. The number of aliphatic hydroxyl groups is 1. The zero-order chi connectivity index (χ0) is 17.9. The molecule has 5 nitrogen and oxygen atoms in total. The molecule has 3 aromatic rings. The fourth-order valence-corrected chi connectivity index (χ4v) is 3.78. The summed E-state index contributed by atoms with van der Waals surface area (Å²) < 4.78 is 5.37. The number of nitrogens with zero attached hydrogens (tertiary/aromatic N) is 3. The minimum Gasteiger partial charge on any atom is -0.496 e. The number of pyridine rings is 2. The van der Waals surface area contributed by atoms with E-state index in [4.69, 9.17) is 4.74 Å². The Labute approximate surface area is 153 Å². The van der Waals surface area contributed by atoms with Gasteiger partial charge in [-0.1, -0.05) is 12.1 Å². The van der Waals surface area contributed by atoms with E-state index in [0.29, 0.717) is 5.75 Å². The van der Waals surface area contributed by atoms with Gasteiger partial charge in [0.1, 0.15) is 5.75 Å². The lowest BCUT2D eigenvalue weighted by Gasteiger charge is -2.36. The Hall–Kier alpha value is -2.66. The fraction of sp³-hybridized carbons (Fsp3) is 0.333. The molecule has 1 aromatic carbocycles. The summed E-state index contributed by atoms with van der Waals surface area (Å²) in [6.45, 7) is 1.84. The maximum atomic E-state index is 10.8. The van der Waals surface area contributed by atoms with E-state index in [2.05, 4.69) is 39.1 Å². The van der Waals surface area contributed by atoms with Crippen LogP contribution in [0.2, 0.25) is 0 Å². The van der Waals surface area contributed by atoms with E-state index in [1.807, 2.05) is 12.3 Å². The summed E-state index contributed by atoms with van der Waals surface area (Å²) in [7, 11) is 1.63. The number of ether oxygens (including phenoxy) is 1. The molecular weight excluding hydrogens is 326 g/mol. The van der Waals surface area contributed by atoms with E-state index in [9.17, 15) is 5.11 Å². The number of fused-ring (bicyclic) bond motifs is 1. The minimum atomic E-state index is -0.543. The normalized spacial score (nSPS) is 16.6. The Bertz CT molecular complexity index is 891. The van der Waals surface area contributed by atoms with Crippen LogP contribution in [-0.4, -0.2) is 35.3 Å². The average molecular weight is 349 g/mol. The summed E-state index contributed by atoms with van der Waals surface area (Å²) in [5.41, 5.74) is 3.00. The monoisotopic (exact) mass is 349 g/mol. The fourth-order valence-electron chi connectivity index (χ4n) is 3.78. The molecule has 1 aliphatic rings. The van der Waals surface area contributed by atoms with Gasteiger partial charge in [-0.25, -0.2) is 0 Å². The second-order valence-corrected chi connectivity index (χ2v) is 6.77. The summed E-state index contributed by atoms with van der Waals surface area (Å²) >= 11 is 0. The lowest BCUT2D eigenvalue weighted by Crippen LogP contribution is -2.35. The number of benzene rings is 1. The summed E-state index contributed by atoms with van der Waals surface area (Å²) in [6, 6.07) is 12.3. The van der Waals surface area contributed by atoms with Gasteiger partial charge in [0.15, 0.2) is 0 Å². The first-order valence-corrected chi connectivity index (χ1v) is 9.02. The molecule has 134 valence electrons. The van der Waals surface area contributed by atoms with Crippen molar-refractivity contribution in [1.82, 2.24) is 9.97 Å². The summed E-state index contributed by atoms with van der Waals surface area (Å²) in [5.74, 6) is 0.915. The molecule has 0 amide bonds. The Morgan fingerprint density at radius 2 is 2.00 bits per heavy atom. The first kappa shape index (κ1) is 16.8. The maximum absolute atomic E-state index is 10.8. The number of rotatable bonds is 4. The number of aromatic nitrogens is 2. The Morgan fingerprint density at radius 1 is 1.15 bits per heavy atom. The number of methoxy groups -OCH3 is 1. The van der Waals surface area contributed by atoms with Crippen LogP contribution in [0, 0.1) is 5.92 Å². The molecule has 1 saturated heterocycles. The standard InChI is InChI=1S/C21H23N3O2/c1-26-20-6-10-22-14-18(20)21(25)16-7-11-24(12-8-16)17-5-4-15-3-2-9-23-19(15)13-17/h2-6,9-10,13-14,16,21,25H,7-8,11-12H2,1H3. The molecular formula is C21H23N3O2. The molecule has 5 heteroatoms. The lowest BCUT2D eigenvalue weighted by molar-refractivity contribution is 0.0901. The third-order valence-corrected chi connectivity index (χ3v) is 5.29. The molecule has 0 saturated carbocycles. The van der Waals surface area contributed by atoms with Gasteiger partial charge >= 0.3 is 0 Å². The van der Waals surface area contributed by atoms with Gasteiger partial charge in [0, 0.05) is 48.3 Å². The molecule has 1 aliphatic heterocycles. The minimum absolute atomic E-state index is 0.211. The summed E-state index contributed by atoms with van der Waals surface area (Å²) in [6.07, 6.45) is 6.55. The number of aliphatic hydroxyl groups excluding tert-OH is 1. The molecule has 0 bridgehead atoms. The van der Waals surface area contributed by atoms with Crippen LogP contribution in [-0.2, 0) is 0 Å². The quantitative estimate of drug-likeness (QED) is 0.780. The second kappa shape index (κ2) is 7.30. The van der Waals surface area contributed by atoms with Gasteiger partial charge in [-0.3, -0.25) is 9.97 Å².